The molecule has 2 fully saturated rings. The van der Waals surface area contributed by atoms with E-state index in [9.17, 15) is 0 Å². The summed E-state index contributed by atoms with van der Waals surface area (Å²) in [6.07, 6.45) is 4.28. The highest BCUT2D eigenvalue weighted by Crippen LogP contribution is 2.41. The summed E-state index contributed by atoms with van der Waals surface area (Å²) in [4.78, 5) is 0. The van der Waals surface area contributed by atoms with Gasteiger partial charge in [-0.3, -0.25) is 0 Å². The average Bonchev–Trinajstić information content (AvgIpc) is 2.53. The summed E-state index contributed by atoms with van der Waals surface area (Å²) >= 11 is 0. The molecule has 1 aliphatic carbocycles. The van der Waals surface area contributed by atoms with Gasteiger partial charge in [0.2, 0.25) is 0 Å². The lowest BCUT2D eigenvalue weighted by Crippen LogP contribution is -2.46. The number of hydrogen-bond acceptors (Lipinski definition) is 3. The van der Waals surface area contributed by atoms with Crippen molar-refractivity contribution in [3.05, 3.63) is 0 Å². The number of hydrogen-bond donors (Lipinski definition) is 1. The van der Waals surface area contributed by atoms with Crippen LogP contribution < -0.4 is 5.73 Å². The first-order chi connectivity index (χ1) is 6.52. The maximum Gasteiger partial charge on any atom is 0.168 e. The van der Waals surface area contributed by atoms with Crippen LogP contribution in [0.2, 0.25) is 0 Å². The van der Waals surface area contributed by atoms with E-state index in [2.05, 4.69) is 13.8 Å². The summed E-state index contributed by atoms with van der Waals surface area (Å²) in [6, 6.07) is 0. The van der Waals surface area contributed by atoms with E-state index in [1.807, 2.05) is 0 Å². The first-order valence-corrected chi connectivity index (χ1v) is 5.59. The fraction of sp³-hybridized carbons (Fsp3) is 1.00. The van der Waals surface area contributed by atoms with Crippen molar-refractivity contribution in [2.75, 3.05) is 13.2 Å². The molecule has 3 nitrogen and oxygen atoms in total. The molecule has 1 saturated heterocycles. The van der Waals surface area contributed by atoms with E-state index < -0.39 is 0 Å². The summed E-state index contributed by atoms with van der Waals surface area (Å²) in [5.74, 6) is 0.378. The fourth-order valence-corrected chi connectivity index (χ4v) is 2.59. The number of ether oxygens (including phenoxy) is 2. The molecule has 14 heavy (non-hydrogen) atoms. The lowest BCUT2D eigenvalue weighted by atomic mass is 9.75. The average molecular weight is 199 g/mol. The standard InChI is InChI=1S/C11H21NO2/c1-10(2,12)9-3-5-11(6-4-9)13-7-8-14-11/h9H,3-8,12H2,1-2H3. The molecule has 2 aliphatic rings. The van der Waals surface area contributed by atoms with Gasteiger partial charge in [0.25, 0.3) is 0 Å². The molecular formula is C11H21NO2. The van der Waals surface area contributed by atoms with Crippen molar-refractivity contribution >= 4 is 0 Å². The molecule has 1 saturated carbocycles. The Morgan fingerprint density at radius 1 is 1.14 bits per heavy atom. The molecule has 0 atom stereocenters. The van der Waals surface area contributed by atoms with Gasteiger partial charge in [-0.1, -0.05) is 0 Å². The summed E-state index contributed by atoms with van der Waals surface area (Å²) in [6.45, 7) is 5.76. The van der Waals surface area contributed by atoms with E-state index in [0.717, 1.165) is 38.9 Å². The molecule has 0 aromatic carbocycles. The normalized spacial score (nSPS) is 28.5. The Morgan fingerprint density at radius 3 is 2.07 bits per heavy atom. The van der Waals surface area contributed by atoms with Crippen molar-refractivity contribution in [2.24, 2.45) is 11.7 Å². The second-order valence-electron chi connectivity index (χ2n) is 5.20. The largest absolute Gasteiger partial charge is 0.348 e. The third kappa shape index (κ3) is 1.95. The molecular weight excluding hydrogens is 178 g/mol. The third-order valence-electron chi connectivity index (χ3n) is 3.61. The van der Waals surface area contributed by atoms with E-state index in [4.69, 9.17) is 15.2 Å². The van der Waals surface area contributed by atoms with Gasteiger partial charge in [0.1, 0.15) is 0 Å². The molecule has 82 valence electrons. The number of rotatable bonds is 1. The van der Waals surface area contributed by atoms with Crippen LogP contribution in [-0.4, -0.2) is 24.5 Å². The Bertz CT molecular complexity index is 194. The summed E-state index contributed by atoms with van der Waals surface area (Å²) < 4.78 is 11.4. The maximum absolute atomic E-state index is 6.12. The Morgan fingerprint density at radius 2 is 1.64 bits per heavy atom. The van der Waals surface area contributed by atoms with E-state index in [-0.39, 0.29) is 11.3 Å². The summed E-state index contributed by atoms with van der Waals surface area (Å²) in [7, 11) is 0. The summed E-state index contributed by atoms with van der Waals surface area (Å²) in [5.41, 5.74) is 6.06. The van der Waals surface area contributed by atoms with Crippen LogP contribution in [0, 0.1) is 5.92 Å². The molecule has 0 bridgehead atoms. The molecule has 0 aromatic heterocycles. The van der Waals surface area contributed by atoms with Crippen LogP contribution in [0.25, 0.3) is 0 Å². The summed E-state index contributed by atoms with van der Waals surface area (Å²) in [5, 5.41) is 0. The molecule has 0 radical (unpaired) electrons. The van der Waals surface area contributed by atoms with Crippen LogP contribution >= 0.6 is 0 Å². The molecule has 0 amide bonds. The van der Waals surface area contributed by atoms with Crippen LogP contribution in [0.1, 0.15) is 39.5 Å². The Hall–Kier alpha value is -0.120. The quantitative estimate of drug-likeness (QED) is 0.698. The van der Waals surface area contributed by atoms with Crippen LogP contribution in [0.4, 0.5) is 0 Å². The van der Waals surface area contributed by atoms with E-state index >= 15 is 0 Å². The van der Waals surface area contributed by atoms with Gasteiger partial charge in [-0.2, -0.15) is 0 Å². The maximum atomic E-state index is 6.12. The van der Waals surface area contributed by atoms with Crippen LogP contribution in [0.5, 0.6) is 0 Å². The van der Waals surface area contributed by atoms with Crippen LogP contribution in [0.3, 0.4) is 0 Å². The molecule has 0 aromatic rings. The second-order valence-corrected chi connectivity index (χ2v) is 5.20. The highest BCUT2D eigenvalue weighted by molar-refractivity contribution is 4.90. The predicted octanol–water partition coefficient (Wildman–Crippen LogP) is 1.66. The Labute approximate surface area is 85.9 Å². The Balaban J connectivity index is 1.92. The monoisotopic (exact) mass is 199 g/mol. The minimum absolute atomic E-state index is 0.0553. The van der Waals surface area contributed by atoms with E-state index in [1.54, 1.807) is 0 Å². The van der Waals surface area contributed by atoms with Crippen molar-refractivity contribution in [2.45, 2.75) is 50.9 Å². The zero-order valence-electron chi connectivity index (χ0n) is 9.21. The third-order valence-corrected chi connectivity index (χ3v) is 3.61. The van der Waals surface area contributed by atoms with E-state index in [0.29, 0.717) is 5.92 Å². The minimum Gasteiger partial charge on any atom is -0.348 e. The molecule has 1 heterocycles. The molecule has 2 rings (SSSR count). The molecule has 0 unspecified atom stereocenters. The SMILES string of the molecule is CC(C)(N)C1CCC2(CC1)OCCO2. The van der Waals surface area contributed by atoms with Crippen molar-refractivity contribution in [1.82, 2.24) is 0 Å². The fourth-order valence-electron chi connectivity index (χ4n) is 2.59. The van der Waals surface area contributed by atoms with Gasteiger partial charge in [-0.15, -0.1) is 0 Å². The first-order valence-electron chi connectivity index (χ1n) is 5.59. The zero-order chi connectivity index (χ0) is 10.2. The van der Waals surface area contributed by atoms with Crippen LogP contribution in [0.15, 0.2) is 0 Å². The Kier molecular flexibility index (Phi) is 2.58. The van der Waals surface area contributed by atoms with Gasteiger partial charge in [0.15, 0.2) is 5.79 Å². The molecule has 1 aliphatic heterocycles. The zero-order valence-corrected chi connectivity index (χ0v) is 9.21. The highest BCUT2D eigenvalue weighted by atomic mass is 16.7. The highest BCUT2D eigenvalue weighted by Gasteiger charge is 2.42. The number of nitrogens with two attached hydrogens (primary N) is 1. The van der Waals surface area contributed by atoms with Crippen LogP contribution in [-0.2, 0) is 9.47 Å². The molecule has 1 spiro atoms. The lowest BCUT2D eigenvalue weighted by Gasteiger charge is -2.40. The van der Waals surface area contributed by atoms with Gasteiger partial charge in [-0.05, 0) is 32.6 Å². The lowest BCUT2D eigenvalue weighted by molar-refractivity contribution is -0.184. The van der Waals surface area contributed by atoms with Crippen molar-refractivity contribution in [3.8, 4) is 0 Å². The van der Waals surface area contributed by atoms with Crippen molar-refractivity contribution in [1.29, 1.82) is 0 Å². The van der Waals surface area contributed by atoms with Gasteiger partial charge in [0, 0.05) is 18.4 Å². The van der Waals surface area contributed by atoms with Gasteiger partial charge in [0.05, 0.1) is 13.2 Å². The topological polar surface area (TPSA) is 44.5 Å². The smallest absolute Gasteiger partial charge is 0.168 e. The van der Waals surface area contributed by atoms with Gasteiger partial charge in [-0.25, -0.2) is 0 Å². The minimum atomic E-state index is -0.234. The van der Waals surface area contributed by atoms with Crippen molar-refractivity contribution in [3.63, 3.8) is 0 Å². The van der Waals surface area contributed by atoms with E-state index in [1.165, 1.54) is 0 Å². The molecule has 2 N–H and O–H groups in total. The van der Waals surface area contributed by atoms with Gasteiger partial charge >= 0.3 is 0 Å². The van der Waals surface area contributed by atoms with Gasteiger partial charge < -0.3 is 15.2 Å². The van der Waals surface area contributed by atoms with Crippen molar-refractivity contribution < 1.29 is 9.47 Å². The second kappa shape index (κ2) is 3.47. The predicted molar refractivity (Wildman–Crippen MR) is 54.9 cm³/mol. The first kappa shape index (κ1) is 10.4. The molecule has 3 heteroatoms.